The lowest BCUT2D eigenvalue weighted by Crippen LogP contribution is -2.34. The zero-order valence-corrected chi connectivity index (χ0v) is 15.6. The predicted molar refractivity (Wildman–Crippen MR) is 101 cm³/mol. The molecule has 1 aromatic rings. The minimum atomic E-state index is -2.40. The third-order valence-corrected chi connectivity index (χ3v) is 6.13. The number of piperidine rings is 1. The Morgan fingerprint density at radius 2 is 1.96 bits per heavy atom. The first-order valence-corrected chi connectivity index (χ1v) is 9.90. The fourth-order valence-electron chi connectivity index (χ4n) is 4.06. The summed E-state index contributed by atoms with van der Waals surface area (Å²) >= 11 is 6.12. The van der Waals surface area contributed by atoms with Crippen molar-refractivity contribution in [2.75, 3.05) is 26.2 Å². The van der Waals surface area contributed by atoms with Crippen LogP contribution < -0.4 is 0 Å². The highest BCUT2D eigenvalue weighted by Crippen LogP contribution is 2.50. The Bertz CT molecular complexity index is 708. The topological polar surface area (TPSA) is 6.48 Å². The van der Waals surface area contributed by atoms with Crippen LogP contribution in [0.5, 0.6) is 0 Å². The van der Waals surface area contributed by atoms with Gasteiger partial charge in [0.1, 0.15) is 0 Å². The molecule has 5 heteroatoms. The molecule has 1 aliphatic carbocycles. The molecule has 2 heterocycles. The highest BCUT2D eigenvalue weighted by molar-refractivity contribution is 6.30. The van der Waals surface area contributed by atoms with E-state index >= 15 is 0 Å². The van der Waals surface area contributed by atoms with Gasteiger partial charge in [-0.05, 0) is 55.0 Å². The molecule has 0 aromatic heterocycles. The summed E-state index contributed by atoms with van der Waals surface area (Å²) in [6, 6.07) is 8.21. The molecule has 4 rings (SSSR count). The molecule has 2 nitrogen and oxygen atoms in total. The first-order valence-electron chi connectivity index (χ1n) is 9.52. The third kappa shape index (κ3) is 4.06. The van der Waals surface area contributed by atoms with Crippen LogP contribution in [0.25, 0.3) is 0 Å². The fourth-order valence-corrected chi connectivity index (χ4v) is 4.26. The van der Waals surface area contributed by atoms with Gasteiger partial charge >= 0.3 is 0 Å². The van der Waals surface area contributed by atoms with Gasteiger partial charge in [0.15, 0.2) is 0 Å². The summed E-state index contributed by atoms with van der Waals surface area (Å²) in [5.74, 6) is -2.21. The Morgan fingerprint density at radius 3 is 2.58 bits per heavy atom. The second kappa shape index (κ2) is 7.22. The maximum atomic E-state index is 13.0. The zero-order chi connectivity index (χ0) is 18.1. The Hall–Kier alpha value is -1.55. The van der Waals surface area contributed by atoms with Crippen molar-refractivity contribution in [2.45, 2.75) is 37.5 Å². The zero-order valence-electron chi connectivity index (χ0n) is 14.9. The van der Waals surface area contributed by atoms with Gasteiger partial charge in [-0.3, -0.25) is 0 Å². The summed E-state index contributed by atoms with van der Waals surface area (Å²) in [6.45, 7) is 3.62. The normalized spacial score (nSPS) is 25.3. The summed E-state index contributed by atoms with van der Waals surface area (Å²) in [5, 5.41) is 0.812. The van der Waals surface area contributed by atoms with Gasteiger partial charge in [0, 0.05) is 55.4 Å². The van der Waals surface area contributed by atoms with Crippen molar-refractivity contribution in [3.8, 4) is 0 Å². The van der Waals surface area contributed by atoms with Crippen molar-refractivity contribution in [3.63, 3.8) is 0 Å². The van der Waals surface area contributed by atoms with Gasteiger partial charge in [0.2, 0.25) is 0 Å². The van der Waals surface area contributed by atoms with Gasteiger partial charge < -0.3 is 9.80 Å². The van der Waals surface area contributed by atoms with E-state index in [1.54, 1.807) is 0 Å². The van der Waals surface area contributed by atoms with Crippen LogP contribution in [-0.4, -0.2) is 41.9 Å². The Morgan fingerprint density at radius 1 is 1.19 bits per heavy atom. The second-order valence-corrected chi connectivity index (χ2v) is 8.14. The summed E-state index contributed by atoms with van der Waals surface area (Å²) < 4.78 is 25.9. The monoisotopic (exact) mass is 378 g/mol. The van der Waals surface area contributed by atoms with Crippen molar-refractivity contribution in [1.82, 2.24) is 9.80 Å². The quantitative estimate of drug-likeness (QED) is 0.688. The van der Waals surface area contributed by atoms with E-state index in [4.69, 9.17) is 11.6 Å². The van der Waals surface area contributed by atoms with E-state index in [0.717, 1.165) is 44.0 Å². The highest BCUT2D eigenvalue weighted by Gasteiger charge is 2.56. The van der Waals surface area contributed by atoms with E-state index in [1.165, 1.54) is 11.3 Å². The molecule has 0 amide bonds. The van der Waals surface area contributed by atoms with E-state index in [0.29, 0.717) is 12.3 Å². The number of hydrogen-bond donors (Lipinski definition) is 0. The standard InChI is InChI=1S/C21H25ClF2N2/c22-19-3-1-2-17(14-19)16-4-12-26(13-5-16)20-7-10-25(11-8-20)9-6-18-15-21(18,23)24/h1-3,7-8,10,14,16,18H,4-6,9,11-13,15H2. The van der Waals surface area contributed by atoms with E-state index in [1.807, 2.05) is 12.1 Å². The number of nitrogens with zero attached hydrogens (tertiary/aromatic N) is 2. The molecule has 2 fully saturated rings. The minimum absolute atomic E-state index is 0.0766. The Balaban J connectivity index is 1.24. The molecular formula is C21H25ClF2N2. The van der Waals surface area contributed by atoms with Gasteiger partial charge in [-0.1, -0.05) is 23.7 Å². The summed E-state index contributed by atoms with van der Waals surface area (Å²) in [4.78, 5) is 4.57. The minimum Gasteiger partial charge on any atom is -0.373 e. The molecule has 2 aliphatic heterocycles. The largest absolute Gasteiger partial charge is 0.373 e. The number of alkyl halides is 2. The lowest BCUT2D eigenvalue weighted by molar-refractivity contribution is 0.0953. The molecule has 1 atom stereocenters. The molecule has 1 unspecified atom stereocenters. The molecule has 0 radical (unpaired) electrons. The number of benzene rings is 1. The van der Waals surface area contributed by atoms with Crippen molar-refractivity contribution in [2.24, 2.45) is 5.92 Å². The van der Waals surface area contributed by atoms with E-state index in [-0.39, 0.29) is 6.42 Å². The molecule has 3 aliphatic rings. The van der Waals surface area contributed by atoms with Gasteiger partial charge in [-0.25, -0.2) is 8.78 Å². The van der Waals surface area contributed by atoms with Crippen molar-refractivity contribution >= 4 is 11.6 Å². The average molecular weight is 379 g/mol. The number of rotatable bonds is 5. The molecular weight excluding hydrogens is 354 g/mol. The molecule has 26 heavy (non-hydrogen) atoms. The van der Waals surface area contributed by atoms with Crippen LogP contribution >= 0.6 is 11.6 Å². The number of allylic oxidation sites excluding steroid dienone is 1. The lowest BCUT2D eigenvalue weighted by Gasteiger charge is -2.36. The van der Waals surface area contributed by atoms with Crippen LogP contribution in [0.2, 0.25) is 5.02 Å². The van der Waals surface area contributed by atoms with Crippen molar-refractivity contribution in [1.29, 1.82) is 0 Å². The molecule has 1 saturated heterocycles. The number of hydrogen-bond acceptors (Lipinski definition) is 2. The summed E-state index contributed by atoms with van der Waals surface area (Å²) in [5.41, 5.74) is 2.61. The average Bonchev–Trinajstić information content (AvgIpc) is 3.27. The van der Waals surface area contributed by atoms with E-state index in [9.17, 15) is 8.78 Å². The van der Waals surface area contributed by atoms with Gasteiger partial charge in [-0.15, -0.1) is 0 Å². The van der Waals surface area contributed by atoms with Crippen LogP contribution in [-0.2, 0) is 0 Å². The molecule has 0 bridgehead atoms. The Kier molecular flexibility index (Phi) is 4.96. The van der Waals surface area contributed by atoms with Gasteiger partial charge in [-0.2, -0.15) is 0 Å². The van der Waals surface area contributed by atoms with Crippen molar-refractivity contribution < 1.29 is 8.78 Å². The predicted octanol–water partition coefficient (Wildman–Crippen LogP) is 5.28. The van der Waals surface area contributed by atoms with Gasteiger partial charge in [0.05, 0.1) is 0 Å². The SMILES string of the molecule is FC1(F)CC1CCN1C=CC(N2CCC(c3cccc(Cl)c3)CC2)=CC1. The van der Waals surface area contributed by atoms with E-state index in [2.05, 4.69) is 40.3 Å². The van der Waals surface area contributed by atoms with Crippen LogP contribution in [0.15, 0.2) is 48.3 Å². The molecule has 0 spiro atoms. The van der Waals surface area contributed by atoms with E-state index < -0.39 is 11.8 Å². The van der Waals surface area contributed by atoms with Crippen LogP contribution in [0.3, 0.4) is 0 Å². The molecule has 0 N–H and O–H groups in total. The molecule has 140 valence electrons. The molecule has 1 aromatic carbocycles. The number of halogens is 3. The Labute approximate surface area is 159 Å². The van der Waals surface area contributed by atoms with Crippen LogP contribution in [0.1, 0.15) is 37.2 Å². The summed E-state index contributed by atoms with van der Waals surface area (Å²) in [6.07, 6.45) is 9.36. The smallest absolute Gasteiger partial charge is 0.251 e. The molecule has 1 saturated carbocycles. The highest BCUT2D eigenvalue weighted by atomic mass is 35.5. The maximum absolute atomic E-state index is 13.0. The second-order valence-electron chi connectivity index (χ2n) is 7.71. The van der Waals surface area contributed by atoms with Gasteiger partial charge in [0.25, 0.3) is 5.92 Å². The van der Waals surface area contributed by atoms with Crippen molar-refractivity contribution in [3.05, 3.63) is 58.9 Å². The van der Waals surface area contributed by atoms with Crippen LogP contribution in [0, 0.1) is 5.92 Å². The number of likely N-dealkylation sites (tertiary alicyclic amines) is 1. The first kappa shape index (κ1) is 17.8. The fraction of sp³-hybridized carbons (Fsp3) is 0.524. The van der Waals surface area contributed by atoms with Crippen LogP contribution in [0.4, 0.5) is 8.78 Å². The first-order chi connectivity index (χ1) is 12.5. The lowest BCUT2D eigenvalue weighted by atomic mass is 9.89. The summed E-state index contributed by atoms with van der Waals surface area (Å²) in [7, 11) is 0. The third-order valence-electron chi connectivity index (χ3n) is 5.89. The maximum Gasteiger partial charge on any atom is 0.251 e.